The highest BCUT2D eigenvalue weighted by molar-refractivity contribution is 5.98. The maximum absolute atomic E-state index is 13.9. The van der Waals surface area contributed by atoms with Crippen LogP contribution in [-0.4, -0.2) is 30.9 Å². The Hall–Kier alpha value is -3.22. The summed E-state index contributed by atoms with van der Waals surface area (Å²) in [4.78, 5) is 35.4. The van der Waals surface area contributed by atoms with Gasteiger partial charge in [-0.2, -0.15) is 0 Å². The Morgan fingerprint density at radius 2 is 1.73 bits per heavy atom. The first-order valence-electron chi connectivity index (χ1n) is 7.78. The maximum Gasteiger partial charge on any atom is 0.341 e. The Kier molecular flexibility index (Phi) is 6.06. The molecule has 0 unspecified atom stereocenters. The minimum atomic E-state index is -1.14. The van der Waals surface area contributed by atoms with Gasteiger partial charge in [-0.1, -0.05) is 0 Å². The predicted octanol–water partition coefficient (Wildman–Crippen LogP) is 3.22. The van der Waals surface area contributed by atoms with Crippen LogP contribution in [0.4, 0.5) is 10.1 Å². The number of ketones is 1. The number of rotatable bonds is 6. The fourth-order valence-corrected chi connectivity index (χ4v) is 2.10. The number of nitrogens with one attached hydrogen (secondary N) is 1. The highest BCUT2D eigenvalue weighted by Crippen LogP contribution is 2.18. The van der Waals surface area contributed by atoms with Crippen molar-refractivity contribution in [1.82, 2.24) is 0 Å². The zero-order valence-corrected chi connectivity index (χ0v) is 14.5. The first-order valence-corrected chi connectivity index (χ1v) is 7.78. The van der Waals surface area contributed by atoms with E-state index in [9.17, 15) is 18.8 Å². The van der Waals surface area contributed by atoms with E-state index >= 15 is 0 Å². The van der Waals surface area contributed by atoms with Crippen molar-refractivity contribution < 1.29 is 28.2 Å². The Morgan fingerprint density at radius 1 is 1.08 bits per heavy atom. The zero-order valence-electron chi connectivity index (χ0n) is 14.5. The SMILES string of the molecule is COc1ccc(C(=O)O[C@@H](C)C(=O)Nc2ccc(C(C)=O)cc2)c(F)c1. The number of hydrogen-bond acceptors (Lipinski definition) is 5. The van der Waals surface area contributed by atoms with E-state index in [2.05, 4.69) is 5.32 Å². The average molecular weight is 359 g/mol. The first-order chi connectivity index (χ1) is 12.3. The fourth-order valence-electron chi connectivity index (χ4n) is 2.10. The van der Waals surface area contributed by atoms with Crippen molar-refractivity contribution in [2.75, 3.05) is 12.4 Å². The smallest absolute Gasteiger partial charge is 0.341 e. The second-order valence-corrected chi connectivity index (χ2v) is 5.52. The van der Waals surface area contributed by atoms with Crippen molar-refractivity contribution in [2.24, 2.45) is 0 Å². The van der Waals surface area contributed by atoms with Crippen LogP contribution in [0, 0.1) is 5.82 Å². The van der Waals surface area contributed by atoms with Gasteiger partial charge in [-0.25, -0.2) is 9.18 Å². The van der Waals surface area contributed by atoms with Crippen LogP contribution in [0.3, 0.4) is 0 Å². The fraction of sp³-hybridized carbons (Fsp3) is 0.211. The molecule has 1 amide bonds. The Balaban J connectivity index is 1.99. The van der Waals surface area contributed by atoms with Crippen molar-refractivity contribution in [1.29, 1.82) is 0 Å². The number of Topliss-reactive ketones (excluding diaryl/α,β-unsaturated/α-hetero) is 1. The summed E-state index contributed by atoms with van der Waals surface area (Å²) >= 11 is 0. The third kappa shape index (κ3) is 4.66. The molecular weight excluding hydrogens is 341 g/mol. The molecule has 2 aromatic carbocycles. The molecule has 136 valence electrons. The number of amides is 1. The number of anilines is 1. The molecule has 0 aliphatic rings. The number of carbonyl (C=O) groups is 3. The van der Waals surface area contributed by atoms with Gasteiger partial charge in [0.25, 0.3) is 5.91 Å². The molecule has 0 saturated carbocycles. The van der Waals surface area contributed by atoms with E-state index in [0.29, 0.717) is 11.3 Å². The lowest BCUT2D eigenvalue weighted by molar-refractivity contribution is -0.123. The van der Waals surface area contributed by atoms with Gasteiger partial charge >= 0.3 is 5.97 Å². The van der Waals surface area contributed by atoms with Crippen LogP contribution >= 0.6 is 0 Å². The van der Waals surface area contributed by atoms with E-state index in [1.165, 1.54) is 33.1 Å². The number of methoxy groups -OCH3 is 1. The molecule has 0 radical (unpaired) electrons. The van der Waals surface area contributed by atoms with Crippen LogP contribution in [0.15, 0.2) is 42.5 Å². The van der Waals surface area contributed by atoms with Crippen molar-refractivity contribution in [3.8, 4) is 5.75 Å². The van der Waals surface area contributed by atoms with Crippen LogP contribution in [0.2, 0.25) is 0 Å². The van der Waals surface area contributed by atoms with Gasteiger partial charge in [0.05, 0.1) is 12.7 Å². The summed E-state index contributed by atoms with van der Waals surface area (Å²) in [7, 11) is 1.38. The van der Waals surface area contributed by atoms with E-state index in [1.807, 2.05) is 0 Å². The van der Waals surface area contributed by atoms with Crippen molar-refractivity contribution >= 4 is 23.3 Å². The molecule has 0 spiro atoms. The Labute approximate surface area is 149 Å². The molecule has 0 aromatic heterocycles. The molecule has 7 heteroatoms. The highest BCUT2D eigenvalue weighted by atomic mass is 19.1. The summed E-state index contributed by atoms with van der Waals surface area (Å²) in [6.45, 7) is 2.81. The number of hydrogen-bond donors (Lipinski definition) is 1. The maximum atomic E-state index is 13.9. The lowest BCUT2D eigenvalue weighted by Gasteiger charge is -2.14. The molecule has 0 fully saturated rings. The van der Waals surface area contributed by atoms with Crippen LogP contribution in [0.1, 0.15) is 34.6 Å². The molecule has 0 heterocycles. The van der Waals surface area contributed by atoms with Gasteiger partial charge in [0.2, 0.25) is 0 Å². The highest BCUT2D eigenvalue weighted by Gasteiger charge is 2.21. The van der Waals surface area contributed by atoms with E-state index in [1.54, 1.807) is 24.3 Å². The number of carbonyl (C=O) groups excluding carboxylic acids is 3. The van der Waals surface area contributed by atoms with Crippen molar-refractivity contribution in [3.63, 3.8) is 0 Å². The predicted molar refractivity (Wildman–Crippen MR) is 92.9 cm³/mol. The van der Waals surface area contributed by atoms with Gasteiger partial charge in [-0.15, -0.1) is 0 Å². The second-order valence-electron chi connectivity index (χ2n) is 5.52. The van der Waals surface area contributed by atoms with E-state index in [-0.39, 0.29) is 17.1 Å². The van der Waals surface area contributed by atoms with Crippen LogP contribution in [0.25, 0.3) is 0 Å². The van der Waals surface area contributed by atoms with Crippen LogP contribution in [-0.2, 0) is 9.53 Å². The van der Waals surface area contributed by atoms with Gasteiger partial charge in [-0.3, -0.25) is 9.59 Å². The first kappa shape index (κ1) is 19.1. The minimum Gasteiger partial charge on any atom is -0.497 e. The van der Waals surface area contributed by atoms with E-state index < -0.39 is 23.8 Å². The number of benzene rings is 2. The number of halogens is 1. The van der Waals surface area contributed by atoms with E-state index in [4.69, 9.17) is 9.47 Å². The van der Waals surface area contributed by atoms with Gasteiger partial charge in [0.1, 0.15) is 11.6 Å². The minimum absolute atomic E-state index is 0.0910. The summed E-state index contributed by atoms with van der Waals surface area (Å²) in [6.07, 6.45) is -1.14. The van der Waals surface area contributed by atoms with Gasteiger partial charge < -0.3 is 14.8 Å². The number of ether oxygens (including phenoxy) is 2. The molecule has 6 nitrogen and oxygen atoms in total. The Morgan fingerprint density at radius 3 is 2.27 bits per heavy atom. The quantitative estimate of drug-likeness (QED) is 0.633. The summed E-state index contributed by atoms with van der Waals surface area (Å²) in [5, 5.41) is 2.56. The molecule has 0 aliphatic heterocycles. The average Bonchev–Trinajstić information content (AvgIpc) is 2.61. The lowest BCUT2D eigenvalue weighted by Crippen LogP contribution is -2.30. The monoisotopic (exact) mass is 359 g/mol. The molecule has 1 atom stereocenters. The standard InChI is InChI=1S/C19H18FNO5/c1-11(22)13-4-6-14(7-5-13)21-18(23)12(2)26-19(24)16-9-8-15(25-3)10-17(16)20/h4-10,12H,1-3H3,(H,21,23)/t12-/m0/s1. The molecular formula is C19H18FNO5. The molecule has 1 N–H and O–H groups in total. The van der Waals surface area contributed by atoms with Crippen molar-refractivity contribution in [3.05, 3.63) is 59.4 Å². The van der Waals surface area contributed by atoms with E-state index in [0.717, 1.165) is 6.07 Å². The summed E-state index contributed by atoms with van der Waals surface area (Å²) in [6, 6.07) is 9.96. The Bertz CT molecular complexity index is 832. The number of esters is 1. The summed E-state index contributed by atoms with van der Waals surface area (Å²) in [5.74, 6) is -2.17. The topological polar surface area (TPSA) is 81.7 Å². The third-order valence-electron chi connectivity index (χ3n) is 3.61. The van der Waals surface area contributed by atoms with Crippen LogP contribution < -0.4 is 10.1 Å². The zero-order chi connectivity index (χ0) is 19.3. The second kappa shape index (κ2) is 8.24. The summed E-state index contributed by atoms with van der Waals surface area (Å²) < 4.78 is 23.7. The van der Waals surface area contributed by atoms with Gasteiger partial charge in [0, 0.05) is 17.3 Å². The molecule has 2 rings (SSSR count). The normalized spacial score (nSPS) is 11.4. The summed E-state index contributed by atoms with van der Waals surface area (Å²) in [5.41, 5.74) is 0.659. The van der Waals surface area contributed by atoms with Gasteiger partial charge in [0.15, 0.2) is 11.9 Å². The molecule has 0 bridgehead atoms. The largest absolute Gasteiger partial charge is 0.497 e. The molecule has 0 aliphatic carbocycles. The molecule has 2 aromatic rings. The lowest BCUT2D eigenvalue weighted by atomic mass is 10.1. The van der Waals surface area contributed by atoms with Gasteiger partial charge in [-0.05, 0) is 50.2 Å². The molecule has 26 heavy (non-hydrogen) atoms. The van der Waals surface area contributed by atoms with Crippen molar-refractivity contribution in [2.45, 2.75) is 20.0 Å². The third-order valence-corrected chi connectivity index (χ3v) is 3.61. The molecule has 0 saturated heterocycles. The van der Waals surface area contributed by atoms with Crippen LogP contribution in [0.5, 0.6) is 5.75 Å².